The summed E-state index contributed by atoms with van der Waals surface area (Å²) in [6.07, 6.45) is 5.56. The molecule has 2 heterocycles. The lowest BCUT2D eigenvalue weighted by molar-refractivity contribution is -0.113. The SMILES string of the molecule is C=CCn1c(SCC(=O)Nc2sc3c(c2C#N)CCCC3)nnc1C(C)Oc1ccccc1C. The molecule has 1 aliphatic carbocycles. The average molecular weight is 494 g/mol. The number of carbonyl (C=O) groups is 1. The maximum atomic E-state index is 12.7. The van der Waals surface area contributed by atoms with Crippen molar-refractivity contribution in [3.8, 4) is 11.8 Å². The van der Waals surface area contributed by atoms with E-state index >= 15 is 0 Å². The monoisotopic (exact) mass is 493 g/mol. The Balaban J connectivity index is 1.44. The molecule has 0 fully saturated rings. The zero-order valence-corrected chi connectivity index (χ0v) is 21.0. The molecule has 4 rings (SSSR count). The molecule has 1 aromatic carbocycles. The van der Waals surface area contributed by atoms with E-state index in [-0.39, 0.29) is 17.8 Å². The van der Waals surface area contributed by atoms with Crippen molar-refractivity contribution in [3.63, 3.8) is 0 Å². The van der Waals surface area contributed by atoms with E-state index in [1.807, 2.05) is 42.7 Å². The van der Waals surface area contributed by atoms with E-state index in [1.165, 1.54) is 28.0 Å². The number of nitrogens with zero attached hydrogens (tertiary/aromatic N) is 4. The summed E-state index contributed by atoms with van der Waals surface area (Å²) in [7, 11) is 0. The molecule has 0 spiro atoms. The number of anilines is 1. The molecule has 3 aromatic rings. The van der Waals surface area contributed by atoms with Crippen LogP contribution in [0.4, 0.5) is 5.00 Å². The third kappa shape index (κ3) is 5.18. The van der Waals surface area contributed by atoms with Gasteiger partial charge in [0.15, 0.2) is 17.1 Å². The third-order valence-corrected chi connectivity index (χ3v) is 7.86. The Morgan fingerprint density at radius 2 is 2.18 bits per heavy atom. The highest BCUT2D eigenvalue weighted by Crippen LogP contribution is 2.37. The van der Waals surface area contributed by atoms with Gasteiger partial charge < -0.3 is 10.1 Å². The van der Waals surface area contributed by atoms with Gasteiger partial charge in [0, 0.05) is 11.4 Å². The average Bonchev–Trinajstić information content (AvgIpc) is 3.39. The van der Waals surface area contributed by atoms with Crippen LogP contribution >= 0.6 is 23.1 Å². The number of aryl methyl sites for hydroxylation is 2. The first kappa shape index (κ1) is 24.0. The van der Waals surface area contributed by atoms with Crippen molar-refractivity contribution in [2.24, 2.45) is 0 Å². The summed E-state index contributed by atoms with van der Waals surface area (Å²) < 4.78 is 8.04. The molecule has 1 aliphatic rings. The molecule has 1 amide bonds. The van der Waals surface area contributed by atoms with E-state index < -0.39 is 0 Å². The van der Waals surface area contributed by atoms with Gasteiger partial charge in [-0.15, -0.1) is 28.1 Å². The predicted octanol–water partition coefficient (Wildman–Crippen LogP) is 5.46. The fraction of sp³-hybridized carbons (Fsp3) is 0.360. The highest BCUT2D eigenvalue weighted by Gasteiger charge is 2.23. The Morgan fingerprint density at radius 1 is 1.38 bits per heavy atom. The molecule has 0 saturated carbocycles. The molecule has 9 heteroatoms. The van der Waals surface area contributed by atoms with E-state index in [9.17, 15) is 10.1 Å². The minimum Gasteiger partial charge on any atom is -0.482 e. The van der Waals surface area contributed by atoms with Gasteiger partial charge in [-0.1, -0.05) is 36.0 Å². The zero-order valence-electron chi connectivity index (χ0n) is 19.3. The van der Waals surface area contributed by atoms with Crippen molar-refractivity contribution in [2.75, 3.05) is 11.1 Å². The first-order chi connectivity index (χ1) is 16.5. The highest BCUT2D eigenvalue weighted by atomic mass is 32.2. The van der Waals surface area contributed by atoms with Crippen LogP contribution in [0, 0.1) is 18.3 Å². The topological polar surface area (TPSA) is 92.8 Å². The van der Waals surface area contributed by atoms with E-state index in [1.54, 1.807) is 6.08 Å². The number of thiophene rings is 1. The normalized spacial score (nSPS) is 13.6. The maximum Gasteiger partial charge on any atom is 0.235 e. The molecule has 1 N–H and O–H groups in total. The van der Waals surface area contributed by atoms with Crippen LogP contribution in [0.5, 0.6) is 5.75 Å². The Bertz CT molecular complexity index is 1240. The summed E-state index contributed by atoms with van der Waals surface area (Å²) >= 11 is 2.84. The lowest BCUT2D eigenvalue weighted by atomic mass is 9.96. The van der Waals surface area contributed by atoms with Crippen molar-refractivity contribution in [2.45, 2.75) is 57.3 Å². The quantitative estimate of drug-likeness (QED) is 0.314. The molecule has 176 valence electrons. The number of aromatic nitrogens is 3. The summed E-state index contributed by atoms with van der Waals surface area (Å²) in [5, 5.41) is 22.5. The summed E-state index contributed by atoms with van der Waals surface area (Å²) in [6, 6.07) is 10.1. The fourth-order valence-corrected chi connectivity index (χ4v) is 6.02. The van der Waals surface area contributed by atoms with Crippen LogP contribution in [0.15, 0.2) is 42.1 Å². The van der Waals surface area contributed by atoms with Crippen molar-refractivity contribution >= 4 is 34.0 Å². The molecular weight excluding hydrogens is 466 g/mol. The van der Waals surface area contributed by atoms with Gasteiger partial charge >= 0.3 is 0 Å². The molecule has 34 heavy (non-hydrogen) atoms. The first-order valence-electron chi connectivity index (χ1n) is 11.2. The highest BCUT2D eigenvalue weighted by molar-refractivity contribution is 7.99. The number of para-hydroxylation sites is 1. The number of allylic oxidation sites excluding steroid dienone is 1. The van der Waals surface area contributed by atoms with Crippen LogP contribution in [-0.4, -0.2) is 26.4 Å². The van der Waals surface area contributed by atoms with Crippen LogP contribution < -0.4 is 10.1 Å². The van der Waals surface area contributed by atoms with Crippen LogP contribution in [0.2, 0.25) is 0 Å². The number of fused-ring (bicyclic) bond motifs is 1. The van der Waals surface area contributed by atoms with E-state index in [2.05, 4.69) is 28.2 Å². The van der Waals surface area contributed by atoms with Crippen LogP contribution in [0.25, 0.3) is 0 Å². The van der Waals surface area contributed by atoms with E-state index in [4.69, 9.17) is 4.74 Å². The number of amides is 1. The molecule has 0 bridgehead atoms. The summed E-state index contributed by atoms with van der Waals surface area (Å²) in [4.78, 5) is 13.9. The van der Waals surface area contributed by atoms with Crippen molar-refractivity contribution in [1.82, 2.24) is 14.8 Å². The molecule has 2 aromatic heterocycles. The number of rotatable bonds is 9. The standard InChI is InChI=1S/C25H27N5O2S2/c1-4-13-30-23(17(3)32-20-11-7-5-9-16(20)2)28-29-25(30)33-15-22(31)27-24-19(14-26)18-10-6-8-12-21(18)34-24/h4-5,7,9,11,17H,1,6,8,10,12-13,15H2,2-3H3,(H,27,31). The number of ether oxygens (including phenoxy) is 1. The Labute approximate surface area is 207 Å². The van der Waals surface area contributed by atoms with Gasteiger partial charge in [0.05, 0.1) is 11.3 Å². The predicted molar refractivity (Wildman–Crippen MR) is 135 cm³/mol. The van der Waals surface area contributed by atoms with Crippen LogP contribution in [0.3, 0.4) is 0 Å². The minimum absolute atomic E-state index is 0.162. The van der Waals surface area contributed by atoms with Gasteiger partial charge in [-0.2, -0.15) is 5.26 Å². The van der Waals surface area contributed by atoms with E-state index in [0.717, 1.165) is 42.6 Å². The fourth-order valence-electron chi connectivity index (χ4n) is 4.01. The number of benzene rings is 1. The van der Waals surface area contributed by atoms with Crippen LogP contribution in [0.1, 0.15) is 53.3 Å². The second-order valence-electron chi connectivity index (χ2n) is 8.13. The lowest BCUT2D eigenvalue weighted by Crippen LogP contribution is -2.15. The minimum atomic E-state index is -0.327. The van der Waals surface area contributed by atoms with Gasteiger partial charge in [0.1, 0.15) is 16.8 Å². The molecule has 1 unspecified atom stereocenters. The summed E-state index contributed by atoms with van der Waals surface area (Å²) in [5.74, 6) is 1.46. The van der Waals surface area contributed by atoms with Gasteiger partial charge in [0.2, 0.25) is 5.91 Å². The Morgan fingerprint density at radius 3 is 2.94 bits per heavy atom. The lowest BCUT2D eigenvalue weighted by Gasteiger charge is -2.17. The summed E-state index contributed by atoms with van der Waals surface area (Å²) in [5.41, 5.74) is 2.78. The van der Waals surface area contributed by atoms with Gasteiger partial charge in [0.25, 0.3) is 0 Å². The number of thioether (sulfide) groups is 1. The van der Waals surface area contributed by atoms with E-state index in [0.29, 0.717) is 28.1 Å². The Kier molecular flexibility index (Phi) is 7.70. The number of nitriles is 1. The number of nitrogens with one attached hydrogen (secondary N) is 1. The molecule has 0 saturated heterocycles. The van der Waals surface area contributed by atoms with Crippen LogP contribution in [-0.2, 0) is 24.2 Å². The molecule has 7 nitrogen and oxygen atoms in total. The third-order valence-electron chi connectivity index (χ3n) is 5.69. The summed E-state index contributed by atoms with van der Waals surface area (Å²) in [6.45, 7) is 8.27. The second-order valence-corrected chi connectivity index (χ2v) is 10.2. The molecule has 0 aliphatic heterocycles. The first-order valence-corrected chi connectivity index (χ1v) is 13.1. The van der Waals surface area contributed by atoms with Crippen molar-refractivity contribution < 1.29 is 9.53 Å². The Hall–Kier alpha value is -3.09. The largest absolute Gasteiger partial charge is 0.482 e. The number of hydrogen-bond donors (Lipinski definition) is 1. The van der Waals surface area contributed by atoms with Crippen molar-refractivity contribution in [3.05, 3.63) is 64.3 Å². The number of carbonyl (C=O) groups excluding carboxylic acids is 1. The van der Waals surface area contributed by atoms with Gasteiger partial charge in [-0.25, -0.2) is 0 Å². The zero-order chi connectivity index (χ0) is 24.1. The smallest absolute Gasteiger partial charge is 0.235 e. The van der Waals surface area contributed by atoms with Gasteiger partial charge in [-0.3, -0.25) is 9.36 Å². The molecular formula is C25H27N5O2S2. The molecule has 1 atom stereocenters. The molecule has 0 radical (unpaired) electrons. The maximum absolute atomic E-state index is 12.7. The second kappa shape index (κ2) is 10.9. The number of hydrogen-bond acceptors (Lipinski definition) is 7. The van der Waals surface area contributed by atoms with Crippen molar-refractivity contribution in [1.29, 1.82) is 5.26 Å². The van der Waals surface area contributed by atoms with Gasteiger partial charge in [-0.05, 0) is 56.7 Å².